The SMILES string of the molecule is C=C1C2C3CCC(C3)C12. The van der Waals surface area contributed by atoms with Gasteiger partial charge in [0.05, 0.1) is 0 Å². The Morgan fingerprint density at radius 3 is 2.11 bits per heavy atom. The lowest BCUT2D eigenvalue weighted by atomic mass is 10.0. The van der Waals surface area contributed by atoms with Crippen molar-refractivity contribution in [2.75, 3.05) is 0 Å². The lowest BCUT2D eigenvalue weighted by Crippen LogP contribution is -1.95. The molecule has 0 aromatic heterocycles. The minimum atomic E-state index is 1.02. The van der Waals surface area contributed by atoms with Crippen LogP contribution in [0.2, 0.25) is 0 Å². The molecule has 0 heteroatoms. The molecule has 3 fully saturated rings. The molecule has 3 saturated carbocycles. The highest BCUT2D eigenvalue weighted by atomic mass is 14.6. The van der Waals surface area contributed by atoms with E-state index in [1.54, 1.807) is 12.0 Å². The van der Waals surface area contributed by atoms with E-state index in [1.807, 2.05) is 0 Å². The molecule has 0 aromatic carbocycles. The number of hydrogen-bond acceptors (Lipinski definition) is 0. The number of rotatable bonds is 0. The molecule has 48 valence electrons. The quantitative estimate of drug-likeness (QED) is 0.430. The van der Waals surface area contributed by atoms with Gasteiger partial charge < -0.3 is 0 Å². The van der Waals surface area contributed by atoms with Gasteiger partial charge in [0.15, 0.2) is 0 Å². The van der Waals surface area contributed by atoms with E-state index in [9.17, 15) is 0 Å². The molecular formula is C9H12. The molecule has 4 unspecified atom stereocenters. The summed E-state index contributed by atoms with van der Waals surface area (Å²) in [6, 6.07) is 0. The van der Waals surface area contributed by atoms with Crippen molar-refractivity contribution in [2.24, 2.45) is 23.7 Å². The second kappa shape index (κ2) is 1.12. The van der Waals surface area contributed by atoms with E-state index in [4.69, 9.17) is 0 Å². The molecule has 0 amide bonds. The molecule has 3 aliphatic carbocycles. The number of fused-ring (bicyclic) bond motifs is 5. The standard InChI is InChI=1S/C9H12/c1-5-8-6-2-3-7(4-6)9(5)8/h6-9H,1-4H2. The van der Waals surface area contributed by atoms with E-state index in [0.29, 0.717) is 0 Å². The molecule has 3 rings (SSSR count). The molecular weight excluding hydrogens is 108 g/mol. The van der Waals surface area contributed by atoms with Crippen molar-refractivity contribution in [1.29, 1.82) is 0 Å². The van der Waals surface area contributed by atoms with Gasteiger partial charge in [0.25, 0.3) is 0 Å². The van der Waals surface area contributed by atoms with Crippen LogP contribution in [0.1, 0.15) is 19.3 Å². The molecule has 2 bridgehead atoms. The highest BCUT2D eigenvalue weighted by molar-refractivity contribution is 5.34. The zero-order valence-electron chi connectivity index (χ0n) is 5.64. The predicted molar refractivity (Wildman–Crippen MR) is 37.0 cm³/mol. The van der Waals surface area contributed by atoms with E-state index >= 15 is 0 Å². The third-order valence-corrected chi connectivity index (χ3v) is 3.66. The zero-order valence-corrected chi connectivity index (χ0v) is 5.64. The van der Waals surface area contributed by atoms with Crippen molar-refractivity contribution in [3.05, 3.63) is 12.2 Å². The van der Waals surface area contributed by atoms with Crippen molar-refractivity contribution >= 4 is 0 Å². The Bertz CT molecular complexity index is 162. The molecule has 0 saturated heterocycles. The van der Waals surface area contributed by atoms with Gasteiger partial charge in [-0.25, -0.2) is 0 Å². The topological polar surface area (TPSA) is 0 Å². The highest BCUT2D eigenvalue weighted by Gasteiger charge is 2.60. The average molecular weight is 120 g/mol. The molecule has 0 spiro atoms. The van der Waals surface area contributed by atoms with Crippen molar-refractivity contribution in [2.45, 2.75) is 19.3 Å². The summed E-state index contributed by atoms with van der Waals surface area (Å²) in [5, 5.41) is 0. The van der Waals surface area contributed by atoms with Crippen LogP contribution in [0.5, 0.6) is 0 Å². The van der Waals surface area contributed by atoms with Crippen LogP contribution >= 0.6 is 0 Å². The largest absolute Gasteiger partial charge is 0.0992 e. The average Bonchev–Trinajstić information content (AvgIpc) is 2.29. The Labute approximate surface area is 56.0 Å². The first-order valence-corrected chi connectivity index (χ1v) is 4.06. The van der Waals surface area contributed by atoms with Crippen molar-refractivity contribution in [3.63, 3.8) is 0 Å². The number of allylic oxidation sites excluding steroid dienone is 1. The molecule has 4 atom stereocenters. The second-order valence-corrected chi connectivity index (χ2v) is 3.96. The third kappa shape index (κ3) is 0.357. The molecule has 0 aromatic rings. The van der Waals surface area contributed by atoms with E-state index in [2.05, 4.69) is 6.58 Å². The van der Waals surface area contributed by atoms with Gasteiger partial charge in [0.2, 0.25) is 0 Å². The monoisotopic (exact) mass is 120 g/mol. The lowest BCUT2D eigenvalue weighted by molar-refractivity contribution is 0.456. The van der Waals surface area contributed by atoms with E-state index < -0.39 is 0 Å². The summed E-state index contributed by atoms with van der Waals surface area (Å²) in [6.07, 6.45) is 4.59. The molecule has 0 N–H and O–H groups in total. The Hall–Kier alpha value is -0.260. The molecule has 0 nitrogen and oxygen atoms in total. The maximum atomic E-state index is 4.09. The Morgan fingerprint density at radius 1 is 1.11 bits per heavy atom. The summed E-state index contributed by atoms with van der Waals surface area (Å²) in [7, 11) is 0. The van der Waals surface area contributed by atoms with Crippen molar-refractivity contribution in [1.82, 2.24) is 0 Å². The second-order valence-electron chi connectivity index (χ2n) is 3.96. The minimum absolute atomic E-state index is 1.02. The van der Waals surface area contributed by atoms with E-state index in [1.165, 1.54) is 12.8 Å². The van der Waals surface area contributed by atoms with Crippen LogP contribution in [0.3, 0.4) is 0 Å². The summed E-state index contributed by atoms with van der Waals surface area (Å²) in [4.78, 5) is 0. The molecule has 0 radical (unpaired) electrons. The van der Waals surface area contributed by atoms with Crippen molar-refractivity contribution in [3.8, 4) is 0 Å². The molecule has 9 heavy (non-hydrogen) atoms. The van der Waals surface area contributed by atoms with Gasteiger partial charge in [0, 0.05) is 0 Å². The first kappa shape index (κ1) is 4.54. The van der Waals surface area contributed by atoms with Crippen LogP contribution in [0.25, 0.3) is 0 Å². The van der Waals surface area contributed by atoms with Gasteiger partial charge in [-0.2, -0.15) is 0 Å². The van der Waals surface area contributed by atoms with Crippen LogP contribution in [0, 0.1) is 23.7 Å². The van der Waals surface area contributed by atoms with Gasteiger partial charge in [-0.05, 0) is 42.9 Å². The summed E-state index contributed by atoms with van der Waals surface area (Å²) in [5.41, 5.74) is 1.61. The van der Waals surface area contributed by atoms with Gasteiger partial charge >= 0.3 is 0 Å². The smallest absolute Gasteiger partial charge is 0.0106 e. The van der Waals surface area contributed by atoms with Gasteiger partial charge in [-0.1, -0.05) is 12.2 Å². The lowest BCUT2D eigenvalue weighted by Gasteiger charge is -2.03. The maximum absolute atomic E-state index is 4.09. The Kier molecular flexibility index (Phi) is 0.564. The van der Waals surface area contributed by atoms with Crippen molar-refractivity contribution < 1.29 is 0 Å². The van der Waals surface area contributed by atoms with Crippen LogP contribution in [0.4, 0.5) is 0 Å². The summed E-state index contributed by atoms with van der Waals surface area (Å²) in [5.74, 6) is 4.22. The van der Waals surface area contributed by atoms with Crippen LogP contribution in [0.15, 0.2) is 12.2 Å². The minimum Gasteiger partial charge on any atom is -0.0992 e. The first-order valence-electron chi connectivity index (χ1n) is 4.06. The fraction of sp³-hybridized carbons (Fsp3) is 0.778. The Morgan fingerprint density at radius 2 is 1.67 bits per heavy atom. The summed E-state index contributed by atoms with van der Waals surface area (Å²) >= 11 is 0. The molecule has 0 heterocycles. The van der Waals surface area contributed by atoms with Gasteiger partial charge in [0.1, 0.15) is 0 Å². The van der Waals surface area contributed by atoms with E-state index in [0.717, 1.165) is 23.7 Å². The molecule has 0 aliphatic heterocycles. The van der Waals surface area contributed by atoms with Crippen LogP contribution < -0.4 is 0 Å². The zero-order chi connectivity index (χ0) is 6.01. The Balaban J connectivity index is 2.04. The highest BCUT2D eigenvalue weighted by Crippen LogP contribution is 2.68. The fourth-order valence-electron chi connectivity index (χ4n) is 3.26. The summed E-state index contributed by atoms with van der Waals surface area (Å²) in [6.45, 7) is 4.09. The van der Waals surface area contributed by atoms with Crippen LogP contribution in [-0.4, -0.2) is 0 Å². The van der Waals surface area contributed by atoms with Gasteiger partial charge in [-0.3, -0.25) is 0 Å². The third-order valence-electron chi connectivity index (χ3n) is 3.66. The first-order chi connectivity index (χ1) is 4.38. The predicted octanol–water partition coefficient (Wildman–Crippen LogP) is 2.22. The van der Waals surface area contributed by atoms with Gasteiger partial charge in [-0.15, -0.1) is 0 Å². The maximum Gasteiger partial charge on any atom is -0.0106 e. The molecule has 3 aliphatic rings. The number of hydrogen-bond donors (Lipinski definition) is 0. The van der Waals surface area contributed by atoms with E-state index in [-0.39, 0.29) is 0 Å². The summed E-state index contributed by atoms with van der Waals surface area (Å²) < 4.78 is 0. The normalized spacial score (nSPS) is 60.2. The van der Waals surface area contributed by atoms with Crippen LogP contribution in [-0.2, 0) is 0 Å². The fourth-order valence-corrected chi connectivity index (χ4v) is 3.26.